The van der Waals surface area contributed by atoms with Crippen LogP contribution in [0, 0.1) is 0 Å². The van der Waals surface area contributed by atoms with Crippen molar-refractivity contribution >= 4 is 51.0 Å². The van der Waals surface area contributed by atoms with Crippen LogP contribution in [-0.2, 0) is 0 Å². The van der Waals surface area contributed by atoms with Crippen molar-refractivity contribution in [3.8, 4) is 0 Å². The van der Waals surface area contributed by atoms with Gasteiger partial charge in [-0.25, -0.2) is 4.98 Å². The second kappa shape index (κ2) is 5.47. The van der Waals surface area contributed by atoms with E-state index in [1.54, 1.807) is 24.4 Å². The molecule has 0 saturated carbocycles. The molecule has 0 aromatic carbocycles. The van der Waals surface area contributed by atoms with E-state index < -0.39 is 0 Å². The summed E-state index contributed by atoms with van der Waals surface area (Å²) >= 11 is 8.21. The summed E-state index contributed by atoms with van der Waals surface area (Å²) in [6.45, 7) is 1.62. The van der Waals surface area contributed by atoms with Gasteiger partial charge < -0.3 is 5.21 Å². The fourth-order valence-electron chi connectivity index (χ4n) is 1.14. The van der Waals surface area contributed by atoms with Crippen molar-refractivity contribution in [3.63, 3.8) is 0 Å². The van der Waals surface area contributed by atoms with Gasteiger partial charge >= 0.3 is 0 Å². The lowest BCUT2D eigenvalue weighted by Crippen LogP contribution is -2.10. The van der Waals surface area contributed by atoms with Crippen LogP contribution >= 0.6 is 34.3 Å². The molecule has 2 heterocycles. The van der Waals surface area contributed by atoms with Gasteiger partial charge in [-0.1, -0.05) is 16.8 Å². The molecule has 2 aromatic heterocycles. The van der Waals surface area contributed by atoms with E-state index in [0.29, 0.717) is 25.8 Å². The fourth-order valence-corrected chi connectivity index (χ4v) is 2.83. The van der Waals surface area contributed by atoms with Gasteiger partial charge in [0, 0.05) is 5.38 Å². The lowest BCUT2D eigenvalue weighted by molar-refractivity contribution is 0.103. The van der Waals surface area contributed by atoms with Crippen LogP contribution in [0.2, 0.25) is 4.34 Å². The predicted molar refractivity (Wildman–Crippen MR) is 73.4 cm³/mol. The van der Waals surface area contributed by atoms with E-state index in [0.717, 1.165) is 0 Å². The van der Waals surface area contributed by atoms with Gasteiger partial charge in [0.1, 0.15) is 11.4 Å². The van der Waals surface area contributed by atoms with Crippen LogP contribution in [-0.4, -0.2) is 21.8 Å². The Labute approximate surface area is 116 Å². The van der Waals surface area contributed by atoms with Crippen LogP contribution < -0.4 is 5.32 Å². The lowest BCUT2D eigenvalue weighted by atomic mass is 10.3. The number of thiazole rings is 1. The number of hydrogen-bond acceptors (Lipinski definition) is 6. The first-order valence-corrected chi connectivity index (χ1v) is 6.89. The van der Waals surface area contributed by atoms with Crippen molar-refractivity contribution in [2.75, 3.05) is 5.32 Å². The summed E-state index contributed by atoms with van der Waals surface area (Å²) < 4.78 is 0.559. The van der Waals surface area contributed by atoms with Crippen LogP contribution in [0.25, 0.3) is 0 Å². The molecule has 8 heteroatoms. The molecule has 0 fully saturated rings. The minimum absolute atomic E-state index is 0.258. The molecule has 94 valence electrons. The number of nitrogens with one attached hydrogen (secondary N) is 1. The maximum atomic E-state index is 11.8. The van der Waals surface area contributed by atoms with E-state index in [1.165, 1.54) is 22.7 Å². The summed E-state index contributed by atoms with van der Waals surface area (Å²) in [5, 5.41) is 16.5. The Hall–Kier alpha value is -1.44. The molecule has 1 amide bonds. The Balaban J connectivity index is 2.10. The highest BCUT2D eigenvalue weighted by atomic mass is 35.5. The molecule has 2 aromatic rings. The molecular formula is C10H8ClN3O2S2. The van der Waals surface area contributed by atoms with Crippen LogP contribution in [0.15, 0.2) is 22.7 Å². The lowest BCUT2D eigenvalue weighted by Gasteiger charge is -1.97. The highest BCUT2D eigenvalue weighted by Crippen LogP contribution is 2.23. The van der Waals surface area contributed by atoms with Crippen LogP contribution in [0.3, 0.4) is 0 Å². The van der Waals surface area contributed by atoms with E-state index in [2.05, 4.69) is 15.5 Å². The molecule has 2 N–H and O–H groups in total. The highest BCUT2D eigenvalue weighted by Gasteiger charge is 2.12. The molecule has 0 spiro atoms. The van der Waals surface area contributed by atoms with Crippen LogP contribution in [0.5, 0.6) is 0 Å². The second-order valence-electron chi connectivity index (χ2n) is 3.28. The third-order valence-corrected chi connectivity index (χ3v) is 4.03. The molecule has 0 atom stereocenters. The molecule has 0 saturated heterocycles. The van der Waals surface area contributed by atoms with Crippen molar-refractivity contribution in [1.82, 2.24) is 4.98 Å². The first-order chi connectivity index (χ1) is 8.60. The van der Waals surface area contributed by atoms with Crippen LogP contribution in [0.1, 0.15) is 22.3 Å². The second-order valence-corrected chi connectivity index (χ2v) is 5.85. The van der Waals surface area contributed by atoms with Crippen molar-refractivity contribution in [2.45, 2.75) is 6.92 Å². The molecule has 0 aliphatic carbocycles. The monoisotopic (exact) mass is 301 g/mol. The third kappa shape index (κ3) is 2.87. The van der Waals surface area contributed by atoms with Gasteiger partial charge in [0.05, 0.1) is 9.21 Å². The predicted octanol–water partition coefficient (Wildman–Crippen LogP) is 3.31. The fraction of sp³-hybridized carbons (Fsp3) is 0.100. The number of aromatic nitrogens is 1. The number of halogens is 1. The molecule has 0 radical (unpaired) electrons. The Kier molecular flexibility index (Phi) is 3.95. The molecule has 18 heavy (non-hydrogen) atoms. The summed E-state index contributed by atoms with van der Waals surface area (Å²) in [4.78, 5) is 16.4. The number of carbonyl (C=O) groups is 1. The Morgan fingerprint density at radius 1 is 1.56 bits per heavy atom. The number of amides is 1. The van der Waals surface area contributed by atoms with Gasteiger partial charge in [-0.3, -0.25) is 10.1 Å². The summed E-state index contributed by atoms with van der Waals surface area (Å²) in [7, 11) is 0. The number of hydrogen-bond donors (Lipinski definition) is 2. The SMILES string of the molecule is CC(=NO)c1csc(NC(=O)c2ccc(Cl)s2)n1. The number of carbonyl (C=O) groups excluding carboxylic acids is 1. The summed E-state index contributed by atoms with van der Waals surface area (Å²) in [5.74, 6) is -0.258. The normalized spacial score (nSPS) is 11.6. The van der Waals surface area contributed by atoms with Crippen molar-refractivity contribution in [2.24, 2.45) is 5.16 Å². The molecule has 0 bridgehead atoms. The maximum Gasteiger partial charge on any atom is 0.267 e. The average molecular weight is 302 g/mol. The number of anilines is 1. The van der Waals surface area contributed by atoms with E-state index in [-0.39, 0.29) is 5.91 Å². The first-order valence-electron chi connectivity index (χ1n) is 4.81. The van der Waals surface area contributed by atoms with Gasteiger partial charge in [-0.05, 0) is 19.1 Å². The topological polar surface area (TPSA) is 74.6 Å². The zero-order valence-corrected chi connectivity index (χ0v) is 11.6. The molecule has 2 rings (SSSR count). The van der Waals surface area contributed by atoms with E-state index in [9.17, 15) is 4.79 Å². The van der Waals surface area contributed by atoms with Gasteiger partial charge in [0.2, 0.25) is 0 Å². The summed E-state index contributed by atoms with van der Waals surface area (Å²) in [6.07, 6.45) is 0. The zero-order valence-electron chi connectivity index (χ0n) is 9.18. The maximum absolute atomic E-state index is 11.8. The minimum atomic E-state index is -0.258. The van der Waals surface area contributed by atoms with Crippen LogP contribution in [0.4, 0.5) is 5.13 Å². The molecule has 0 unspecified atom stereocenters. The number of nitrogens with zero attached hydrogens (tertiary/aromatic N) is 2. The number of thiophene rings is 1. The Morgan fingerprint density at radius 2 is 2.33 bits per heavy atom. The smallest absolute Gasteiger partial charge is 0.267 e. The molecule has 5 nitrogen and oxygen atoms in total. The van der Waals surface area contributed by atoms with Crippen molar-refractivity contribution < 1.29 is 10.0 Å². The molecule has 0 aliphatic heterocycles. The zero-order chi connectivity index (χ0) is 13.1. The van der Waals surface area contributed by atoms with Gasteiger partial charge in [0.15, 0.2) is 5.13 Å². The number of rotatable bonds is 3. The first kappa shape index (κ1) is 13.0. The standard InChI is InChI=1S/C10H8ClN3O2S2/c1-5(14-16)6-4-17-10(12-6)13-9(15)7-2-3-8(11)18-7/h2-4,16H,1H3,(H,12,13,15). The third-order valence-electron chi connectivity index (χ3n) is 2.04. The van der Waals surface area contributed by atoms with Crippen molar-refractivity contribution in [3.05, 3.63) is 32.4 Å². The van der Waals surface area contributed by atoms with Crippen molar-refractivity contribution in [1.29, 1.82) is 0 Å². The number of oxime groups is 1. The quantitative estimate of drug-likeness (QED) is 0.519. The Bertz CT molecular complexity index is 606. The average Bonchev–Trinajstić information content (AvgIpc) is 2.97. The van der Waals surface area contributed by atoms with E-state index in [4.69, 9.17) is 16.8 Å². The molecule has 0 aliphatic rings. The van der Waals surface area contributed by atoms with Gasteiger partial charge in [0.25, 0.3) is 5.91 Å². The highest BCUT2D eigenvalue weighted by molar-refractivity contribution is 7.18. The van der Waals surface area contributed by atoms with E-state index in [1.807, 2.05) is 0 Å². The van der Waals surface area contributed by atoms with E-state index >= 15 is 0 Å². The largest absolute Gasteiger partial charge is 0.411 e. The molecular weight excluding hydrogens is 294 g/mol. The summed E-state index contributed by atoms with van der Waals surface area (Å²) in [5.41, 5.74) is 0.924. The van der Waals surface area contributed by atoms with Gasteiger partial charge in [-0.2, -0.15) is 0 Å². The summed E-state index contributed by atoms with van der Waals surface area (Å²) in [6, 6.07) is 3.31. The van der Waals surface area contributed by atoms with Gasteiger partial charge in [-0.15, -0.1) is 22.7 Å². The Morgan fingerprint density at radius 3 is 2.94 bits per heavy atom. The minimum Gasteiger partial charge on any atom is -0.411 e.